The molecule has 6 heteroatoms. The molecule has 0 fully saturated rings. The van der Waals surface area contributed by atoms with Crippen LogP contribution < -0.4 is 23.0 Å². The minimum Gasteiger partial charge on any atom is -1.00 e. The molecule has 3 nitrogen and oxygen atoms in total. The maximum absolute atomic E-state index is 10.5. The summed E-state index contributed by atoms with van der Waals surface area (Å²) in [6.07, 6.45) is 0. The molecule has 0 aliphatic rings. The molecule has 0 saturated heterocycles. The summed E-state index contributed by atoms with van der Waals surface area (Å²) in [7, 11) is -1.85. The van der Waals surface area contributed by atoms with Gasteiger partial charge >= 0.3 is 28.6 Å². The first-order valence-electron chi connectivity index (χ1n) is 2.85. The van der Waals surface area contributed by atoms with Crippen LogP contribution in [0.5, 0.6) is 5.75 Å². The molecular weight excluding hydrogens is 190 g/mol. The molecule has 1 aromatic rings. The minimum atomic E-state index is -3.46. The second kappa shape index (κ2) is 4.89. The Bertz CT molecular complexity index is 329. The van der Waals surface area contributed by atoms with E-state index in [9.17, 15) is 8.42 Å². The zero-order valence-corrected chi connectivity index (χ0v) is 8.57. The van der Waals surface area contributed by atoms with E-state index in [0.29, 0.717) is 5.75 Å². The van der Waals surface area contributed by atoms with Gasteiger partial charge in [-0.25, -0.2) is 0 Å². The van der Waals surface area contributed by atoms with Crippen LogP contribution in [0.1, 0.15) is 1.43 Å². The van der Waals surface area contributed by atoms with E-state index in [0.717, 1.165) is 0 Å². The van der Waals surface area contributed by atoms with Crippen LogP contribution in [-0.2, 0) is 9.74 Å². The van der Waals surface area contributed by atoms with Crippen molar-refractivity contribution in [3.05, 3.63) is 30.3 Å². The van der Waals surface area contributed by atoms with Gasteiger partial charge in [0.1, 0.15) is 5.75 Å². The van der Waals surface area contributed by atoms with Gasteiger partial charge in [-0.2, -0.15) is 8.42 Å². The molecule has 1 atom stereocenters. The fourth-order valence-electron chi connectivity index (χ4n) is 0.610. The van der Waals surface area contributed by atoms with Crippen molar-refractivity contribution in [2.45, 2.75) is 0 Å². The van der Waals surface area contributed by atoms with E-state index >= 15 is 0 Å². The zero-order valence-electron chi connectivity index (χ0n) is 7.60. The second-order valence-electron chi connectivity index (χ2n) is 1.89. The SMILES string of the molecule is O=S(=O)(P)Oc1ccccc1.[H-].[Li+]. The number of hydrogen-bond donors (Lipinski definition) is 0. The quantitative estimate of drug-likeness (QED) is 0.420. The standard InChI is InChI=1S/C6H7O3PS.Li.H/c7-11(8,10)9-6-4-2-1-3-5-6;;/h1-5H,10H2;;/q;+1;-1. The van der Waals surface area contributed by atoms with Gasteiger partial charge in [0.25, 0.3) is 0 Å². The summed E-state index contributed by atoms with van der Waals surface area (Å²) in [5.41, 5.74) is 0. The first-order valence-corrected chi connectivity index (χ1v) is 5.74. The molecule has 0 bridgehead atoms. The van der Waals surface area contributed by atoms with Crippen molar-refractivity contribution in [1.29, 1.82) is 0 Å². The van der Waals surface area contributed by atoms with Gasteiger partial charge < -0.3 is 5.61 Å². The molecule has 1 unspecified atom stereocenters. The van der Waals surface area contributed by atoms with E-state index in [4.69, 9.17) is 0 Å². The number of rotatable bonds is 2. The Morgan fingerprint density at radius 1 is 1.25 bits per heavy atom. The summed E-state index contributed by atoms with van der Waals surface area (Å²) in [6, 6.07) is 8.32. The van der Waals surface area contributed by atoms with Crippen LogP contribution >= 0.6 is 8.44 Å². The average molecular weight is 198 g/mol. The van der Waals surface area contributed by atoms with Crippen molar-refractivity contribution in [2.75, 3.05) is 0 Å². The van der Waals surface area contributed by atoms with Gasteiger partial charge in [-0.1, -0.05) is 18.2 Å². The van der Waals surface area contributed by atoms with Crippen molar-refractivity contribution in [2.24, 2.45) is 0 Å². The van der Waals surface area contributed by atoms with E-state index in [1.807, 2.05) is 0 Å². The first kappa shape index (κ1) is 12.0. The van der Waals surface area contributed by atoms with Crippen LogP contribution in [0.15, 0.2) is 30.3 Å². The smallest absolute Gasteiger partial charge is 1.00 e. The monoisotopic (exact) mass is 198 g/mol. The number of benzene rings is 1. The average Bonchev–Trinajstić information content (AvgIpc) is 1.85. The molecular formula is C6H8LiO3PS. The number of para-hydroxylation sites is 1. The van der Waals surface area contributed by atoms with E-state index < -0.39 is 9.74 Å². The fourth-order valence-corrected chi connectivity index (χ4v) is 1.32. The largest absolute Gasteiger partial charge is 1.00 e. The second-order valence-corrected chi connectivity index (χ2v) is 4.77. The molecule has 0 N–H and O–H groups in total. The fraction of sp³-hybridized carbons (Fsp3) is 0. The Morgan fingerprint density at radius 2 is 1.75 bits per heavy atom. The molecule has 0 aliphatic heterocycles. The van der Waals surface area contributed by atoms with E-state index in [2.05, 4.69) is 4.18 Å². The minimum absolute atomic E-state index is 0. The van der Waals surface area contributed by atoms with Crippen LogP contribution in [0, 0.1) is 0 Å². The van der Waals surface area contributed by atoms with Crippen molar-refractivity contribution in [3.63, 3.8) is 0 Å². The van der Waals surface area contributed by atoms with Crippen LogP contribution in [0.4, 0.5) is 0 Å². The maximum Gasteiger partial charge on any atom is 1.00 e. The molecule has 0 aliphatic carbocycles. The zero-order chi connectivity index (χ0) is 8.32. The summed E-state index contributed by atoms with van der Waals surface area (Å²) in [4.78, 5) is 0. The molecule has 1 aromatic carbocycles. The van der Waals surface area contributed by atoms with Crippen LogP contribution in [-0.4, -0.2) is 8.42 Å². The topological polar surface area (TPSA) is 43.4 Å². The Hall–Kier alpha value is -0.00260. The summed E-state index contributed by atoms with van der Waals surface area (Å²) in [5.74, 6) is 0.322. The first-order chi connectivity index (χ1) is 5.08. The number of hydrogen-bond acceptors (Lipinski definition) is 3. The predicted octanol–water partition coefficient (Wildman–Crippen LogP) is -1.70. The summed E-state index contributed by atoms with van der Waals surface area (Å²) < 4.78 is 25.6. The molecule has 0 aromatic heterocycles. The molecule has 0 spiro atoms. The summed E-state index contributed by atoms with van der Waals surface area (Å²) >= 11 is 0. The summed E-state index contributed by atoms with van der Waals surface area (Å²) in [5, 5.41) is 0. The van der Waals surface area contributed by atoms with Gasteiger partial charge in [-0.15, -0.1) is 0 Å². The van der Waals surface area contributed by atoms with Crippen LogP contribution in [0.2, 0.25) is 0 Å². The van der Waals surface area contributed by atoms with Crippen molar-refractivity contribution in [3.8, 4) is 5.75 Å². The third kappa shape index (κ3) is 4.79. The van der Waals surface area contributed by atoms with Crippen molar-refractivity contribution in [1.82, 2.24) is 0 Å². The molecule has 62 valence electrons. The van der Waals surface area contributed by atoms with Gasteiger partial charge in [0.05, 0.1) is 0 Å². The molecule has 12 heavy (non-hydrogen) atoms. The van der Waals surface area contributed by atoms with E-state index in [1.54, 1.807) is 38.8 Å². The molecule has 0 heterocycles. The molecule has 0 amide bonds. The van der Waals surface area contributed by atoms with Crippen LogP contribution in [0.25, 0.3) is 0 Å². The molecule has 0 saturated carbocycles. The van der Waals surface area contributed by atoms with Crippen molar-refractivity contribution >= 4 is 18.2 Å². The molecule has 1 rings (SSSR count). The Morgan fingerprint density at radius 3 is 2.17 bits per heavy atom. The third-order valence-corrected chi connectivity index (χ3v) is 1.67. The van der Waals surface area contributed by atoms with E-state index in [1.165, 1.54) is 0 Å². The Labute approximate surface area is 87.2 Å². The van der Waals surface area contributed by atoms with E-state index in [-0.39, 0.29) is 20.3 Å². The van der Waals surface area contributed by atoms with Gasteiger partial charge in [0.15, 0.2) is 0 Å². The van der Waals surface area contributed by atoms with Crippen molar-refractivity contribution < 1.29 is 32.9 Å². The maximum atomic E-state index is 10.5. The Kier molecular flexibility index (Phi) is 4.89. The third-order valence-electron chi connectivity index (χ3n) is 0.956. The van der Waals surface area contributed by atoms with Gasteiger partial charge in [-0.05, 0) is 12.1 Å². The van der Waals surface area contributed by atoms with Gasteiger partial charge in [0.2, 0.25) is 0 Å². The van der Waals surface area contributed by atoms with Gasteiger partial charge in [0, 0.05) is 8.44 Å². The van der Waals surface area contributed by atoms with Gasteiger partial charge in [-0.3, -0.25) is 0 Å². The van der Waals surface area contributed by atoms with Crippen LogP contribution in [0.3, 0.4) is 0 Å². The summed E-state index contributed by atoms with van der Waals surface area (Å²) in [6.45, 7) is 0. The Balaban J connectivity index is 0. The predicted molar refractivity (Wildman–Crippen MR) is 46.8 cm³/mol. The normalized spacial score (nSPS) is 10.1. The molecule has 0 radical (unpaired) electrons.